The molecule has 6 nitrogen and oxygen atoms in total. The molecule has 2 aromatic rings. The van der Waals surface area contributed by atoms with Gasteiger partial charge in [-0.05, 0) is 47.1 Å². The molecule has 0 spiro atoms. The highest BCUT2D eigenvalue weighted by atomic mass is 32.2. The zero-order valence-corrected chi connectivity index (χ0v) is 17.6. The largest absolute Gasteiger partial charge is 0.354 e. The van der Waals surface area contributed by atoms with Crippen molar-refractivity contribution in [1.29, 1.82) is 0 Å². The second-order valence-electron chi connectivity index (χ2n) is 6.31. The summed E-state index contributed by atoms with van der Waals surface area (Å²) >= 11 is 1.65. The lowest BCUT2D eigenvalue weighted by atomic mass is 10.1. The van der Waals surface area contributed by atoms with Gasteiger partial charge in [0, 0.05) is 6.54 Å². The highest BCUT2D eigenvalue weighted by Crippen LogP contribution is 2.22. The van der Waals surface area contributed by atoms with Gasteiger partial charge in [0.15, 0.2) is 0 Å². The minimum Gasteiger partial charge on any atom is -0.354 e. The van der Waals surface area contributed by atoms with Crippen molar-refractivity contribution in [2.24, 2.45) is 0 Å². The predicted octanol–water partition coefficient (Wildman–Crippen LogP) is 2.86. The number of anilines is 1. The topological polar surface area (TPSA) is 78.5 Å². The lowest BCUT2D eigenvalue weighted by Gasteiger charge is -2.29. The van der Waals surface area contributed by atoms with Crippen molar-refractivity contribution in [1.82, 2.24) is 10.2 Å². The summed E-state index contributed by atoms with van der Waals surface area (Å²) in [4.78, 5) is 14.8. The quantitative estimate of drug-likeness (QED) is 0.632. The van der Waals surface area contributed by atoms with Crippen molar-refractivity contribution in [3.05, 3.63) is 52.2 Å². The van der Waals surface area contributed by atoms with Crippen LogP contribution in [0.5, 0.6) is 0 Å². The van der Waals surface area contributed by atoms with Gasteiger partial charge in [-0.3, -0.25) is 14.4 Å². The smallest absolute Gasteiger partial charge is 0.229 e. The van der Waals surface area contributed by atoms with Gasteiger partial charge in [-0.25, -0.2) is 8.42 Å². The highest BCUT2D eigenvalue weighted by molar-refractivity contribution is 7.92. The number of thiophene rings is 1. The Morgan fingerprint density at radius 3 is 2.48 bits per heavy atom. The molecule has 0 saturated carbocycles. The van der Waals surface area contributed by atoms with Crippen LogP contribution < -0.4 is 10.0 Å². The van der Waals surface area contributed by atoms with Crippen molar-refractivity contribution >= 4 is 33.0 Å². The second kappa shape index (κ2) is 9.87. The van der Waals surface area contributed by atoms with E-state index in [2.05, 4.69) is 40.2 Å². The Labute approximate surface area is 165 Å². The number of amides is 1. The molecule has 8 heteroatoms. The van der Waals surface area contributed by atoms with Crippen LogP contribution in [0.2, 0.25) is 0 Å². The molecule has 0 fully saturated rings. The van der Waals surface area contributed by atoms with Crippen LogP contribution in [0.1, 0.15) is 31.0 Å². The van der Waals surface area contributed by atoms with Gasteiger partial charge in [0.1, 0.15) is 0 Å². The Morgan fingerprint density at radius 1 is 1.19 bits per heavy atom. The van der Waals surface area contributed by atoms with Crippen molar-refractivity contribution in [3.8, 4) is 0 Å². The maximum atomic E-state index is 12.5. The fraction of sp³-hybridized carbons (Fsp3) is 0.421. The molecule has 148 valence electrons. The monoisotopic (exact) mass is 409 g/mol. The third-order valence-electron chi connectivity index (χ3n) is 4.34. The van der Waals surface area contributed by atoms with Crippen LogP contribution in [0, 0.1) is 0 Å². The molecule has 1 amide bonds. The number of hydrogen-bond acceptors (Lipinski definition) is 5. The highest BCUT2D eigenvalue weighted by Gasteiger charge is 2.19. The molecule has 0 aliphatic carbocycles. The van der Waals surface area contributed by atoms with Gasteiger partial charge >= 0.3 is 0 Å². The summed E-state index contributed by atoms with van der Waals surface area (Å²) in [6, 6.07) is 9.16. The van der Waals surface area contributed by atoms with Gasteiger partial charge in [0.25, 0.3) is 0 Å². The summed E-state index contributed by atoms with van der Waals surface area (Å²) in [6.07, 6.45) is 1.21. The van der Waals surface area contributed by atoms with E-state index in [1.54, 1.807) is 35.6 Å². The lowest BCUT2D eigenvalue weighted by Crippen LogP contribution is -2.38. The Hall–Kier alpha value is -1.90. The van der Waals surface area contributed by atoms with E-state index < -0.39 is 10.0 Å². The van der Waals surface area contributed by atoms with E-state index in [-0.39, 0.29) is 18.4 Å². The van der Waals surface area contributed by atoms with E-state index in [1.807, 2.05) is 5.38 Å². The van der Waals surface area contributed by atoms with Crippen LogP contribution in [-0.4, -0.2) is 45.1 Å². The van der Waals surface area contributed by atoms with Gasteiger partial charge in [-0.2, -0.15) is 11.3 Å². The molecule has 0 radical (unpaired) electrons. The first-order valence-corrected chi connectivity index (χ1v) is 11.8. The van der Waals surface area contributed by atoms with E-state index in [0.29, 0.717) is 17.8 Å². The molecule has 1 unspecified atom stereocenters. The zero-order chi connectivity index (χ0) is 19.9. The van der Waals surface area contributed by atoms with Crippen LogP contribution in [0.15, 0.2) is 41.1 Å². The minimum atomic E-state index is -3.40. The maximum absolute atomic E-state index is 12.5. The molecule has 0 bridgehead atoms. The molecule has 0 aliphatic heterocycles. The number of nitrogens with one attached hydrogen (secondary N) is 2. The van der Waals surface area contributed by atoms with Gasteiger partial charge < -0.3 is 5.32 Å². The van der Waals surface area contributed by atoms with E-state index in [4.69, 9.17) is 0 Å². The van der Waals surface area contributed by atoms with Gasteiger partial charge in [-0.1, -0.05) is 32.0 Å². The summed E-state index contributed by atoms with van der Waals surface area (Å²) in [5.41, 5.74) is 2.28. The lowest BCUT2D eigenvalue weighted by molar-refractivity contribution is -0.120. The van der Waals surface area contributed by atoms with Crippen molar-refractivity contribution in [3.63, 3.8) is 0 Å². The third-order valence-corrected chi connectivity index (χ3v) is 5.63. The fourth-order valence-corrected chi connectivity index (χ4v) is 4.31. The number of rotatable bonds is 10. The van der Waals surface area contributed by atoms with Crippen LogP contribution in [0.4, 0.5) is 5.69 Å². The molecule has 1 aromatic carbocycles. The number of sulfonamides is 1. The number of para-hydroxylation sites is 1. The molecular formula is C19H27N3O3S2. The normalized spacial score (nSPS) is 12.7. The van der Waals surface area contributed by atoms with Gasteiger partial charge in [0.2, 0.25) is 15.9 Å². The molecule has 2 N–H and O–H groups in total. The number of nitrogens with zero attached hydrogens (tertiary/aromatic N) is 1. The zero-order valence-electron chi connectivity index (χ0n) is 15.9. The Kier molecular flexibility index (Phi) is 7.82. The molecule has 0 aliphatic rings. The van der Waals surface area contributed by atoms with Gasteiger partial charge in [0.05, 0.1) is 24.4 Å². The van der Waals surface area contributed by atoms with E-state index in [1.165, 1.54) is 5.56 Å². The predicted molar refractivity (Wildman–Crippen MR) is 112 cm³/mol. The van der Waals surface area contributed by atoms with Crippen LogP contribution >= 0.6 is 11.3 Å². The van der Waals surface area contributed by atoms with Crippen LogP contribution in [0.3, 0.4) is 0 Å². The van der Waals surface area contributed by atoms with Crippen LogP contribution in [0.25, 0.3) is 0 Å². The Bertz CT molecular complexity index is 832. The average molecular weight is 410 g/mol. The van der Waals surface area contributed by atoms with Crippen molar-refractivity contribution in [2.45, 2.75) is 26.3 Å². The molecular weight excluding hydrogens is 382 g/mol. The first-order chi connectivity index (χ1) is 12.8. The summed E-state index contributed by atoms with van der Waals surface area (Å²) < 4.78 is 25.5. The van der Waals surface area contributed by atoms with Crippen molar-refractivity contribution in [2.75, 3.05) is 30.6 Å². The summed E-state index contributed by atoms with van der Waals surface area (Å²) in [5, 5.41) is 7.16. The molecule has 1 aromatic heterocycles. The molecule has 0 saturated heterocycles. The standard InChI is InChI=1S/C19H27N3O3S2/c1-4-22(5-2)18(16-10-11-26-14-16)13-20-19(23)12-15-8-6-7-9-17(15)21-27(3,24)25/h6-11,14,18,21H,4-5,12-13H2,1-3H3,(H,20,23). The summed E-state index contributed by atoms with van der Waals surface area (Å²) in [7, 11) is -3.40. The summed E-state index contributed by atoms with van der Waals surface area (Å²) in [6.45, 7) is 6.52. The molecule has 1 heterocycles. The van der Waals surface area contributed by atoms with E-state index in [0.717, 1.165) is 19.3 Å². The maximum Gasteiger partial charge on any atom is 0.229 e. The number of likely N-dealkylation sites (N-methyl/N-ethyl adjacent to an activating group) is 1. The Morgan fingerprint density at radius 2 is 1.89 bits per heavy atom. The fourth-order valence-electron chi connectivity index (χ4n) is 3.01. The Balaban J connectivity index is 2.05. The molecule has 27 heavy (non-hydrogen) atoms. The first-order valence-electron chi connectivity index (χ1n) is 8.92. The van der Waals surface area contributed by atoms with Gasteiger partial charge in [-0.15, -0.1) is 0 Å². The molecule has 2 rings (SSSR count). The number of carbonyl (C=O) groups is 1. The summed E-state index contributed by atoms with van der Waals surface area (Å²) in [5.74, 6) is -0.134. The van der Waals surface area contributed by atoms with E-state index in [9.17, 15) is 13.2 Å². The third kappa shape index (κ3) is 6.64. The van der Waals surface area contributed by atoms with E-state index >= 15 is 0 Å². The molecule has 1 atom stereocenters. The minimum absolute atomic E-state index is 0.118. The number of hydrogen-bond donors (Lipinski definition) is 2. The first kappa shape index (κ1) is 21.4. The second-order valence-corrected chi connectivity index (χ2v) is 8.83. The van der Waals surface area contributed by atoms with Crippen LogP contribution in [-0.2, 0) is 21.2 Å². The van der Waals surface area contributed by atoms with Crippen molar-refractivity contribution < 1.29 is 13.2 Å². The SMILES string of the molecule is CCN(CC)C(CNC(=O)Cc1ccccc1NS(C)(=O)=O)c1ccsc1. The average Bonchev–Trinajstić information content (AvgIpc) is 3.13. The number of benzene rings is 1. The number of carbonyl (C=O) groups excluding carboxylic acids is 1.